The SMILES string of the molecule is CC12CCC(C(=O)NCC3CCCO3)(C(=O)C1=O)C2(C)C. The van der Waals surface area contributed by atoms with Crippen molar-refractivity contribution in [1.82, 2.24) is 5.32 Å². The van der Waals surface area contributed by atoms with E-state index in [9.17, 15) is 14.4 Å². The number of carbonyl (C=O) groups is 3. The number of Topliss-reactive ketones (excluding diaryl/α,β-unsaturated/α-hetero) is 2. The summed E-state index contributed by atoms with van der Waals surface area (Å²) in [6.07, 6.45) is 3.05. The minimum Gasteiger partial charge on any atom is -0.376 e. The lowest BCUT2D eigenvalue weighted by Gasteiger charge is -2.37. The van der Waals surface area contributed by atoms with Crippen LogP contribution in [0.25, 0.3) is 0 Å². The number of hydrogen-bond acceptors (Lipinski definition) is 4. The van der Waals surface area contributed by atoms with E-state index in [0.717, 1.165) is 19.4 Å². The van der Waals surface area contributed by atoms with Gasteiger partial charge >= 0.3 is 0 Å². The van der Waals surface area contributed by atoms with Crippen LogP contribution in [0.15, 0.2) is 0 Å². The van der Waals surface area contributed by atoms with Gasteiger partial charge in [-0.25, -0.2) is 0 Å². The van der Waals surface area contributed by atoms with Gasteiger partial charge in [0.1, 0.15) is 5.41 Å². The van der Waals surface area contributed by atoms with Crippen LogP contribution in [-0.4, -0.2) is 36.7 Å². The van der Waals surface area contributed by atoms with Gasteiger partial charge in [0.05, 0.1) is 6.10 Å². The van der Waals surface area contributed by atoms with Crippen LogP contribution in [0.3, 0.4) is 0 Å². The van der Waals surface area contributed by atoms with E-state index in [1.165, 1.54) is 0 Å². The fourth-order valence-corrected chi connectivity index (χ4v) is 4.44. The molecule has 5 nitrogen and oxygen atoms in total. The number of amides is 1. The first-order valence-corrected chi connectivity index (χ1v) is 7.76. The third kappa shape index (κ3) is 1.58. The monoisotopic (exact) mass is 293 g/mol. The van der Waals surface area contributed by atoms with Gasteiger partial charge in [0.15, 0.2) is 0 Å². The topological polar surface area (TPSA) is 72.5 Å². The van der Waals surface area contributed by atoms with E-state index < -0.39 is 22.0 Å². The molecule has 1 aliphatic heterocycles. The Morgan fingerprint density at radius 3 is 2.48 bits per heavy atom. The molecule has 1 saturated heterocycles. The summed E-state index contributed by atoms with van der Waals surface area (Å²) in [5.74, 6) is -1.15. The molecule has 3 atom stereocenters. The molecule has 1 heterocycles. The van der Waals surface area contributed by atoms with Crippen LogP contribution in [0.1, 0.15) is 46.5 Å². The maximum absolute atomic E-state index is 12.8. The quantitative estimate of drug-likeness (QED) is 0.628. The summed E-state index contributed by atoms with van der Waals surface area (Å²) in [4.78, 5) is 37.6. The summed E-state index contributed by atoms with van der Waals surface area (Å²) < 4.78 is 5.50. The Morgan fingerprint density at radius 2 is 1.95 bits per heavy atom. The maximum atomic E-state index is 12.8. The van der Waals surface area contributed by atoms with E-state index in [2.05, 4.69) is 5.32 Å². The van der Waals surface area contributed by atoms with Crippen molar-refractivity contribution in [3.8, 4) is 0 Å². The molecule has 0 aromatic carbocycles. The molecule has 2 bridgehead atoms. The number of hydrogen-bond donors (Lipinski definition) is 1. The number of nitrogens with one attached hydrogen (secondary N) is 1. The summed E-state index contributed by atoms with van der Waals surface area (Å²) in [5, 5.41) is 2.87. The number of ketones is 2. The zero-order valence-electron chi connectivity index (χ0n) is 13.0. The van der Waals surface area contributed by atoms with E-state index in [1.54, 1.807) is 0 Å². The molecule has 0 aromatic heterocycles. The second-order valence-corrected chi connectivity index (χ2v) is 7.37. The molecule has 1 amide bonds. The van der Waals surface area contributed by atoms with Gasteiger partial charge in [-0.1, -0.05) is 20.8 Å². The molecule has 2 aliphatic carbocycles. The molecule has 2 saturated carbocycles. The smallest absolute Gasteiger partial charge is 0.234 e. The van der Waals surface area contributed by atoms with Gasteiger partial charge in [-0.15, -0.1) is 0 Å². The summed E-state index contributed by atoms with van der Waals surface area (Å²) in [7, 11) is 0. The van der Waals surface area contributed by atoms with Gasteiger partial charge in [-0.05, 0) is 31.1 Å². The van der Waals surface area contributed by atoms with Crippen LogP contribution < -0.4 is 5.32 Å². The lowest BCUT2D eigenvalue weighted by atomic mass is 9.64. The van der Waals surface area contributed by atoms with Gasteiger partial charge in [0, 0.05) is 18.6 Å². The summed E-state index contributed by atoms with van der Waals surface area (Å²) in [6.45, 7) is 6.75. The molecular formula is C16H23NO4. The zero-order chi connectivity index (χ0) is 15.5. The molecule has 116 valence electrons. The molecule has 5 heteroatoms. The molecule has 0 aromatic rings. The normalized spacial score (nSPS) is 40.8. The Bertz CT molecular complexity index is 520. The van der Waals surface area contributed by atoms with Crippen LogP contribution in [0.5, 0.6) is 0 Å². The second kappa shape index (κ2) is 4.38. The highest BCUT2D eigenvalue weighted by molar-refractivity contribution is 6.48. The van der Waals surface area contributed by atoms with Crippen LogP contribution in [0.4, 0.5) is 0 Å². The zero-order valence-corrected chi connectivity index (χ0v) is 13.0. The minimum atomic E-state index is -1.18. The first kappa shape index (κ1) is 14.7. The van der Waals surface area contributed by atoms with Gasteiger partial charge < -0.3 is 10.1 Å². The van der Waals surface area contributed by atoms with E-state index >= 15 is 0 Å². The predicted octanol–water partition coefficient (Wildman–Crippen LogP) is 1.25. The van der Waals surface area contributed by atoms with Crippen molar-refractivity contribution in [2.45, 2.75) is 52.6 Å². The van der Waals surface area contributed by atoms with Gasteiger partial charge in [-0.2, -0.15) is 0 Å². The lowest BCUT2D eigenvalue weighted by molar-refractivity contribution is -0.149. The van der Waals surface area contributed by atoms with Crippen molar-refractivity contribution in [2.24, 2.45) is 16.2 Å². The number of ether oxygens (including phenoxy) is 1. The van der Waals surface area contributed by atoms with E-state index in [1.807, 2.05) is 20.8 Å². The molecule has 0 spiro atoms. The first-order valence-electron chi connectivity index (χ1n) is 7.76. The van der Waals surface area contributed by atoms with Crippen LogP contribution in [0, 0.1) is 16.2 Å². The maximum Gasteiger partial charge on any atom is 0.234 e. The Kier molecular flexibility index (Phi) is 3.07. The standard InChI is InChI=1S/C16H23NO4/c1-14(2)15(3)6-7-16(14,12(19)11(15)18)13(20)17-9-10-5-4-8-21-10/h10H,4-9H2,1-3H3,(H,17,20). The average Bonchev–Trinajstić information content (AvgIpc) is 3.04. The summed E-state index contributed by atoms with van der Waals surface area (Å²) in [6, 6.07) is 0. The van der Waals surface area contributed by atoms with Crippen LogP contribution in [-0.2, 0) is 19.1 Å². The van der Waals surface area contributed by atoms with Crippen LogP contribution >= 0.6 is 0 Å². The Balaban J connectivity index is 1.84. The largest absolute Gasteiger partial charge is 0.376 e. The fraction of sp³-hybridized carbons (Fsp3) is 0.812. The van der Waals surface area contributed by atoms with Crippen molar-refractivity contribution in [3.05, 3.63) is 0 Å². The van der Waals surface area contributed by atoms with Crippen molar-refractivity contribution in [2.75, 3.05) is 13.2 Å². The minimum absolute atomic E-state index is 0.0356. The van der Waals surface area contributed by atoms with E-state index in [-0.39, 0.29) is 17.8 Å². The van der Waals surface area contributed by atoms with Crippen LogP contribution in [0.2, 0.25) is 0 Å². The molecule has 1 N–H and O–H groups in total. The van der Waals surface area contributed by atoms with Gasteiger partial charge in [-0.3, -0.25) is 14.4 Å². The predicted molar refractivity (Wildman–Crippen MR) is 75.6 cm³/mol. The summed E-state index contributed by atoms with van der Waals surface area (Å²) in [5.41, 5.74) is -2.52. The highest BCUT2D eigenvalue weighted by Crippen LogP contribution is 2.68. The molecule has 3 unspecified atom stereocenters. The Hall–Kier alpha value is -1.23. The van der Waals surface area contributed by atoms with Crippen molar-refractivity contribution < 1.29 is 19.1 Å². The molecule has 21 heavy (non-hydrogen) atoms. The molecular weight excluding hydrogens is 270 g/mol. The Morgan fingerprint density at radius 1 is 1.24 bits per heavy atom. The molecule has 3 aliphatic rings. The fourth-order valence-electron chi connectivity index (χ4n) is 4.44. The third-order valence-electron chi connectivity index (χ3n) is 6.44. The second-order valence-electron chi connectivity index (χ2n) is 7.37. The molecule has 3 fully saturated rings. The van der Waals surface area contributed by atoms with Crippen molar-refractivity contribution in [3.63, 3.8) is 0 Å². The first-order chi connectivity index (χ1) is 9.77. The molecule has 3 rings (SSSR count). The number of carbonyl (C=O) groups excluding carboxylic acids is 3. The van der Waals surface area contributed by atoms with Crippen molar-refractivity contribution >= 4 is 17.5 Å². The Labute approximate surface area is 124 Å². The number of rotatable bonds is 3. The van der Waals surface area contributed by atoms with Gasteiger partial charge in [0.25, 0.3) is 0 Å². The molecule has 0 radical (unpaired) electrons. The van der Waals surface area contributed by atoms with Gasteiger partial charge in [0.2, 0.25) is 17.5 Å². The highest BCUT2D eigenvalue weighted by atomic mass is 16.5. The third-order valence-corrected chi connectivity index (χ3v) is 6.44. The van der Waals surface area contributed by atoms with E-state index in [0.29, 0.717) is 19.4 Å². The lowest BCUT2D eigenvalue weighted by Crippen LogP contribution is -2.51. The van der Waals surface area contributed by atoms with E-state index in [4.69, 9.17) is 4.74 Å². The summed E-state index contributed by atoms with van der Waals surface area (Å²) >= 11 is 0. The highest BCUT2D eigenvalue weighted by Gasteiger charge is 2.77. The average molecular weight is 293 g/mol. The number of fused-ring (bicyclic) bond motifs is 2. The van der Waals surface area contributed by atoms with Crippen molar-refractivity contribution in [1.29, 1.82) is 0 Å².